The Hall–Kier alpha value is -5.06. The fourth-order valence-corrected chi connectivity index (χ4v) is 6.16. The average molecular weight is 581 g/mol. The van der Waals surface area contributed by atoms with Crippen molar-refractivity contribution in [3.05, 3.63) is 93.9 Å². The van der Waals surface area contributed by atoms with Crippen molar-refractivity contribution in [3.63, 3.8) is 0 Å². The maximum Gasteiger partial charge on any atom is 0.335 e. The molecule has 2 aliphatic carbocycles. The van der Waals surface area contributed by atoms with Crippen LogP contribution in [0.25, 0.3) is 5.65 Å². The zero-order chi connectivity index (χ0) is 30.1. The number of anilines is 1. The number of fused-ring (bicyclic) bond motifs is 2. The van der Waals surface area contributed by atoms with Crippen LogP contribution in [-0.2, 0) is 6.42 Å². The second-order valence-electron chi connectivity index (χ2n) is 11.2. The van der Waals surface area contributed by atoms with Gasteiger partial charge in [0.15, 0.2) is 5.65 Å². The van der Waals surface area contributed by atoms with E-state index in [0.717, 1.165) is 36.8 Å². The number of hydrogen-bond acceptors (Lipinski definition) is 6. The summed E-state index contributed by atoms with van der Waals surface area (Å²) in [5.74, 6) is -1.98. The molecule has 0 radical (unpaired) electrons. The van der Waals surface area contributed by atoms with Gasteiger partial charge in [0.2, 0.25) is 0 Å². The molecule has 1 atom stereocenters. The Balaban J connectivity index is 1.32. The van der Waals surface area contributed by atoms with Crippen molar-refractivity contribution in [2.75, 3.05) is 11.9 Å². The maximum atomic E-state index is 13.8. The topological polar surface area (TPSA) is 155 Å². The third-order valence-corrected chi connectivity index (χ3v) is 8.47. The van der Waals surface area contributed by atoms with Crippen LogP contribution in [0.2, 0.25) is 0 Å². The van der Waals surface area contributed by atoms with E-state index in [9.17, 15) is 24.3 Å². The fourth-order valence-electron chi connectivity index (χ4n) is 6.16. The molecule has 11 heteroatoms. The predicted octanol–water partition coefficient (Wildman–Crippen LogP) is 4.33. The molecule has 6 rings (SSSR count). The number of aromatic carboxylic acids is 1. The van der Waals surface area contributed by atoms with Crippen LogP contribution in [0, 0.1) is 12.8 Å². The minimum atomic E-state index is -0.989. The number of benzene rings is 2. The van der Waals surface area contributed by atoms with Gasteiger partial charge in [-0.05, 0) is 73.4 Å². The molecule has 1 fully saturated rings. The summed E-state index contributed by atoms with van der Waals surface area (Å²) in [6.07, 6.45) is 6.96. The van der Waals surface area contributed by atoms with Crippen molar-refractivity contribution in [1.29, 1.82) is 0 Å². The van der Waals surface area contributed by atoms with Crippen molar-refractivity contribution in [2.24, 2.45) is 5.92 Å². The lowest BCUT2D eigenvalue weighted by atomic mass is 9.98. The van der Waals surface area contributed by atoms with Crippen LogP contribution < -0.4 is 16.0 Å². The first-order valence-corrected chi connectivity index (χ1v) is 14.5. The van der Waals surface area contributed by atoms with E-state index < -0.39 is 23.7 Å². The zero-order valence-corrected chi connectivity index (χ0v) is 23.7. The highest BCUT2D eigenvalue weighted by molar-refractivity contribution is 6.09. The summed E-state index contributed by atoms with van der Waals surface area (Å²) in [5.41, 5.74) is 3.56. The average Bonchev–Trinajstić information content (AvgIpc) is 3.76. The van der Waals surface area contributed by atoms with Gasteiger partial charge in [0, 0.05) is 18.3 Å². The molecule has 2 aliphatic rings. The Morgan fingerprint density at radius 1 is 0.953 bits per heavy atom. The minimum absolute atomic E-state index is 0.0127. The summed E-state index contributed by atoms with van der Waals surface area (Å²) in [6, 6.07) is 13.3. The molecule has 220 valence electrons. The fraction of sp³-hybridized carbons (Fsp3) is 0.312. The van der Waals surface area contributed by atoms with E-state index in [0.29, 0.717) is 36.6 Å². The molecule has 4 aromatic rings. The second kappa shape index (κ2) is 11.7. The van der Waals surface area contributed by atoms with Gasteiger partial charge < -0.3 is 21.1 Å². The highest BCUT2D eigenvalue weighted by atomic mass is 16.4. The van der Waals surface area contributed by atoms with E-state index in [1.54, 1.807) is 43.3 Å². The quantitative estimate of drug-likeness (QED) is 0.242. The third-order valence-electron chi connectivity index (χ3n) is 8.47. The lowest BCUT2D eigenvalue weighted by Crippen LogP contribution is -2.32. The number of carboxylic acids is 1. The van der Waals surface area contributed by atoms with Crippen LogP contribution >= 0.6 is 0 Å². The molecular weight excluding hydrogens is 548 g/mol. The molecule has 3 amide bonds. The highest BCUT2D eigenvalue weighted by Gasteiger charge is 2.30. The lowest BCUT2D eigenvalue weighted by Gasteiger charge is -2.16. The maximum absolute atomic E-state index is 13.8. The summed E-state index contributed by atoms with van der Waals surface area (Å²) in [5, 5.41) is 22.6. The van der Waals surface area contributed by atoms with Crippen molar-refractivity contribution < 1.29 is 24.3 Å². The first kappa shape index (κ1) is 28.1. The Bertz CT molecular complexity index is 1740. The molecule has 0 aliphatic heterocycles. The van der Waals surface area contributed by atoms with Crippen molar-refractivity contribution in [1.82, 2.24) is 25.2 Å². The highest BCUT2D eigenvalue weighted by Crippen LogP contribution is 2.35. The van der Waals surface area contributed by atoms with Gasteiger partial charge in [0.1, 0.15) is 17.0 Å². The van der Waals surface area contributed by atoms with Gasteiger partial charge in [0.05, 0.1) is 17.8 Å². The van der Waals surface area contributed by atoms with E-state index in [-0.39, 0.29) is 34.2 Å². The molecule has 2 aromatic carbocycles. The van der Waals surface area contributed by atoms with E-state index in [2.05, 4.69) is 26.0 Å². The lowest BCUT2D eigenvalue weighted by molar-refractivity contribution is 0.0695. The van der Waals surface area contributed by atoms with Gasteiger partial charge in [-0.15, -0.1) is 0 Å². The molecule has 2 aromatic heterocycles. The normalized spacial score (nSPS) is 16.2. The van der Waals surface area contributed by atoms with Gasteiger partial charge in [-0.25, -0.2) is 14.3 Å². The predicted molar refractivity (Wildman–Crippen MR) is 158 cm³/mol. The summed E-state index contributed by atoms with van der Waals surface area (Å²) in [4.78, 5) is 56.3. The minimum Gasteiger partial charge on any atom is -0.478 e. The van der Waals surface area contributed by atoms with Crippen molar-refractivity contribution >= 4 is 35.0 Å². The molecule has 1 saturated carbocycles. The van der Waals surface area contributed by atoms with Gasteiger partial charge >= 0.3 is 5.97 Å². The summed E-state index contributed by atoms with van der Waals surface area (Å²) >= 11 is 0. The first-order chi connectivity index (χ1) is 20.8. The number of carboxylic acid groups (broad SMARTS) is 1. The van der Waals surface area contributed by atoms with E-state index >= 15 is 0 Å². The molecule has 0 bridgehead atoms. The number of amides is 3. The van der Waals surface area contributed by atoms with Gasteiger partial charge in [0.25, 0.3) is 17.7 Å². The number of nitrogens with zero attached hydrogens (tertiary/aromatic N) is 3. The first-order valence-electron chi connectivity index (χ1n) is 14.5. The largest absolute Gasteiger partial charge is 0.478 e. The number of rotatable bonds is 8. The van der Waals surface area contributed by atoms with Crippen molar-refractivity contribution in [3.8, 4) is 0 Å². The van der Waals surface area contributed by atoms with Crippen LogP contribution in [-0.4, -0.2) is 49.9 Å². The number of carbonyl (C=O) groups excluding carboxylic acids is 3. The van der Waals surface area contributed by atoms with Crippen LogP contribution in [0.3, 0.4) is 0 Å². The van der Waals surface area contributed by atoms with Crippen LogP contribution in [0.15, 0.2) is 54.7 Å². The molecule has 0 saturated heterocycles. The molecule has 0 spiro atoms. The van der Waals surface area contributed by atoms with Crippen molar-refractivity contribution in [2.45, 2.75) is 51.5 Å². The monoisotopic (exact) mass is 580 g/mol. The molecule has 43 heavy (non-hydrogen) atoms. The second-order valence-corrected chi connectivity index (χ2v) is 11.2. The Kier molecular flexibility index (Phi) is 7.62. The molecule has 0 unspecified atom stereocenters. The number of hydrogen-bond donors (Lipinski definition) is 4. The Morgan fingerprint density at radius 2 is 1.72 bits per heavy atom. The van der Waals surface area contributed by atoms with Gasteiger partial charge in [-0.3, -0.25) is 14.4 Å². The molecule has 2 heterocycles. The SMILES string of the molecule is Cc1c(C(=O)O)ccc2c1CC[C@@H]2NC(=O)c1cc(C(=O)NCC2CCCC2)nc2c(C(=O)Nc3ccccc3)cnn12. The Morgan fingerprint density at radius 3 is 2.47 bits per heavy atom. The number of carbonyl (C=O) groups is 4. The number of nitrogens with one attached hydrogen (secondary N) is 3. The van der Waals surface area contributed by atoms with Crippen LogP contribution in [0.5, 0.6) is 0 Å². The standard InChI is InChI=1S/C32H32N6O5/c1-18-21-13-14-25(23(21)12-11-22(18)32(42)43)37-31(41)27-15-26(30(40)33-16-19-7-5-6-8-19)36-28-24(17-34-38(27)28)29(39)35-20-9-3-2-4-10-20/h2-4,9-12,15,17,19,25H,5-8,13-14,16H2,1H3,(H,33,40)(H,35,39)(H,37,41)(H,42,43)/t25-/m0/s1. The third kappa shape index (κ3) is 5.57. The number of aromatic nitrogens is 3. The zero-order valence-electron chi connectivity index (χ0n) is 23.7. The summed E-state index contributed by atoms with van der Waals surface area (Å²) < 4.78 is 1.28. The molecule has 4 N–H and O–H groups in total. The van der Waals surface area contributed by atoms with E-state index in [4.69, 9.17) is 0 Å². The molecule has 11 nitrogen and oxygen atoms in total. The van der Waals surface area contributed by atoms with Crippen LogP contribution in [0.4, 0.5) is 5.69 Å². The smallest absolute Gasteiger partial charge is 0.335 e. The Labute approximate surface area is 247 Å². The van der Waals surface area contributed by atoms with E-state index in [1.807, 2.05) is 6.07 Å². The summed E-state index contributed by atoms with van der Waals surface area (Å²) in [7, 11) is 0. The van der Waals surface area contributed by atoms with E-state index in [1.165, 1.54) is 16.8 Å². The van der Waals surface area contributed by atoms with Gasteiger partial charge in [-0.1, -0.05) is 37.1 Å². The van der Waals surface area contributed by atoms with Crippen LogP contribution in [0.1, 0.15) is 96.5 Å². The number of para-hydroxylation sites is 1. The van der Waals surface area contributed by atoms with Gasteiger partial charge in [-0.2, -0.15) is 5.10 Å². The summed E-state index contributed by atoms with van der Waals surface area (Å²) in [6.45, 7) is 2.30. The molecular formula is C32H32N6O5.